The van der Waals surface area contributed by atoms with Gasteiger partial charge in [0.1, 0.15) is 5.60 Å². The highest BCUT2D eigenvalue weighted by Crippen LogP contribution is 2.58. The van der Waals surface area contributed by atoms with Gasteiger partial charge in [-0.3, -0.25) is 0 Å². The molecule has 0 atom stereocenters. The van der Waals surface area contributed by atoms with Crippen LogP contribution in [0.3, 0.4) is 0 Å². The molecule has 0 radical (unpaired) electrons. The summed E-state index contributed by atoms with van der Waals surface area (Å²) in [4.78, 5) is 13.8. The lowest BCUT2D eigenvalue weighted by Gasteiger charge is -2.46. The molecular formula is C12H23ClN2O3. The molecule has 3 aliphatic rings. The quantitative estimate of drug-likeness (QED) is 0.794. The van der Waals surface area contributed by atoms with Crippen LogP contribution >= 0.6 is 12.4 Å². The predicted octanol–water partition coefficient (Wildman–Crippen LogP) is 1.13. The van der Waals surface area contributed by atoms with Crippen molar-refractivity contribution in [1.29, 1.82) is 0 Å². The van der Waals surface area contributed by atoms with Crippen molar-refractivity contribution >= 4 is 18.5 Å². The molecule has 0 aromatic heterocycles. The maximum Gasteiger partial charge on any atom is 0.410 e. The van der Waals surface area contributed by atoms with Crippen LogP contribution in [-0.2, 0) is 4.74 Å². The second kappa shape index (κ2) is 4.54. The summed E-state index contributed by atoms with van der Waals surface area (Å²) in [7, 11) is 0. The minimum absolute atomic E-state index is 0. The number of nitrogens with two attached hydrogens (primary N) is 1. The Kier molecular flexibility index (Phi) is 3.92. The molecule has 18 heavy (non-hydrogen) atoms. The zero-order chi connectivity index (χ0) is 12.9. The second-order valence-electron chi connectivity index (χ2n) is 6.51. The molecule has 3 fully saturated rings. The SMILES string of the molecule is CC(C)(C)OC(=O)N1CC2(CO)CC1(CN)C2.Cl. The minimum Gasteiger partial charge on any atom is -0.444 e. The van der Waals surface area contributed by atoms with E-state index in [1.54, 1.807) is 4.90 Å². The van der Waals surface area contributed by atoms with Crippen molar-refractivity contribution < 1.29 is 14.6 Å². The molecule has 1 saturated carbocycles. The van der Waals surface area contributed by atoms with Crippen molar-refractivity contribution in [2.24, 2.45) is 11.1 Å². The van der Waals surface area contributed by atoms with Crippen LogP contribution in [-0.4, -0.2) is 46.9 Å². The average molecular weight is 279 g/mol. The third-order valence-electron chi connectivity index (χ3n) is 3.80. The van der Waals surface area contributed by atoms with Crippen LogP contribution in [0, 0.1) is 5.41 Å². The van der Waals surface area contributed by atoms with E-state index in [0.29, 0.717) is 13.1 Å². The number of halogens is 1. The lowest BCUT2D eigenvalue weighted by atomic mass is 9.62. The number of aliphatic hydroxyl groups excluding tert-OH is 1. The Morgan fingerprint density at radius 3 is 2.39 bits per heavy atom. The van der Waals surface area contributed by atoms with Crippen molar-refractivity contribution in [3.05, 3.63) is 0 Å². The molecule has 0 aromatic carbocycles. The minimum atomic E-state index is -0.494. The monoisotopic (exact) mass is 278 g/mol. The number of fused-ring (bicyclic) bond motifs is 1. The van der Waals surface area contributed by atoms with Gasteiger partial charge in [0, 0.05) is 18.5 Å². The molecule has 2 bridgehead atoms. The lowest BCUT2D eigenvalue weighted by molar-refractivity contribution is -0.00247. The first-order valence-electron chi connectivity index (χ1n) is 6.08. The molecule has 2 saturated heterocycles. The van der Waals surface area contributed by atoms with Gasteiger partial charge in [-0.05, 0) is 33.6 Å². The fraction of sp³-hybridized carbons (Fsp3) is 0.917. The van der Waals surface area contributed by atoms with Crippen LogP contribution in [0.15, 0.2) is 0 Å². The molecule has 2 heterocycles. The zero-order valence-electron chi connectivity index (χ0n) is 11.2. The van der Waals surface area contributed by atoms with Gasteiger partial charge >= 0.3 is 6.09 Å². The number of ether oxygens (including phenoxy) is 1. The van der Waals surface area contributed by atoms with Crippen LogP contribution in [0.2, 0.25) is 0 Å². The van der Waals surface area contributed by atoms with Crippen molar-refractivity contribution in [2.75, 3.05) is 19.7 Å². The Hall–Kier alpha value is -0.520. The number of hydrogen-bond acceptors (Lipinski definition) is 4. The average Bonchev–Trinajstić information content (AvgIpc) is 2.64. The summed E-state index contributed by atoms with van der Waals surface area (Å²) >= 11 is 0. The summed E-state index contributed by atoms with van der Waals surface area (Å²) < 4.78 is 5.38. The largest absolute Gasteiger partial charge is 0.444 e. The Labute approximate surface area is 114 Å². The van der Waals surface area contributed by atoms with Crippen molar-refractivity contribution in [1.82, 2.24) is 4.90 Å². The molecule has 5 nitrogen and oxygen atoms in total. The summed E-state index contributed by atoms with van der Waals surface area (Å²) in [6, 6.07) is 0. The highest BCUT2D eigenvalue weighted by atomic mass is 35.5. The van der Waals surface area contributed by atoms with E-state index < -0.39 is 5.60 Å². The highest BCUT2D eigenvalue weighted by Gasteiger charge is 2.66. The molecule has 0 unspecified atom stereocenters. The molecule has 3 N–H and O–H groups in total. The van der Waals surface area contributed by atoms with Gasteiger partial charge in [0.2, 0.25) is 0 Å². The van der Waals surface area contributed by atoms with Crippen molar-refractivity contribution in [3.8, 4) is 0 Å². The topological polar surface area (TPSA) is 75.8 Å². The standard InChI is InChI=1S/C12H22N2O3.ClH/c1-10(2,3)17-9(16)14-7-11(8-15)4-12(14,5-11)6-13;/h15H,4-8,13H2,1-3H3;1H. The molecule has 6 heteroatoms. The molecule has 0 aromatic rings. The van der Waals surface area contributed by atoms with E-state index >= 15 is 0 Å². The number of carbonyl (C=O) groups excluding carboxylic acids is 1. The van der Waals surface area contributed by atoms with E-state index in [1.165, 1.54) is 0 Å². The third kappa shape index (κ3) is 2.31. The number of nitrogens with zero attached hydrogens (tertiary/aromatic N) is 1. The Morgan fingerprint density at radius 1 is 1.44 bits per heavy atom. The van der Waals surface area contributed by atoms with Crippen LogP contribution in [0.1, 0.15) is 33.6 Å². The van der Waals surface area contributed by atoms with Gasteiger partial charge in [-0.1, -0.05) is 0 Å². The fourth-order valence-corrected chi connectivity index (χ4v) is 3.14. The zero-order valence-corrected chi connectivity index (χ0v) is 12.0. The summed E-state index contributed by atoms with van der Waals surface area (Å²) in [6.45, 7) is 6.67. The number of carbonyl (C=O) groups is 1. The molecule has 1 aliphatic carbocycles. The van der Waals surface area contributed by atoms with Gasteiger partial charge in [-0.25, -0.2) is 4.79 Å². The summed E-state index contributed by atoms with van der Waals surface area (Å²) in [6.07, 6.45) is 1.29. The molecule has 2 aliphatic heterocycles. The first kappa shape index (κ1) is 15.5. The van der Waals surface area contributed by atoms with E-state index in [2.05, 4.69) is 0 Å². The van der Waals surface area contributed by atoms with Crippen LogP contribution in [0.5, 0.6) is 0 Å². The summed E-state index contributed by atoms with van der Waals surface area (Å²) in [5, 5.41) is 9.39. The third-order valence-corrected chi connectivity index (χ3v) is 3.80. The maximum absolute atomic E-state index is 12.1. The first-order chi connectivity index (χ1) is 7.76. The predicted molar refractivity (Wildman–Crippen MR) is 70.7 cm³/mol. The van der Waals surface area contributed by atoms with Gasteiger partial charge in [0.05, 0.1) is 12.1 Å². The normalized spacial score (nSPS) is 33.7. The van der Waals surface area contributed by atoms with Gasteiger partial charge in [0.25, 0.3) is 0 Å². The number of aliphatic hydroxyl groups is 1. The van der Waals surface area contributed by atoms with Crippen LogP contribution in [0.25, 0.3) is 0 Å². The van der Waals surface area contributed by atoms with E-state index in [0.717, 1.165) is 12.8 Å². The van der Waals surface area contributed by atoms with E-state index in [9.17, 15) is 9.90 Å². The van der Waals surface area contributed by atoms with Crippen LogP contribution in [0.4, 0.5) is 4.79 Å². The van der Waals surface area contributed by atoms with Gasteiger partial charge in [0.15, 0.2) is 0 Å². The summed E-state index contributed by atoms with van der Waals surface area (Å²) in [5.74, 6) is 0. The number of amides is 1. The van der Waals surface area contributed by atoms with E-state index in [1.807, 2.05) is 20.8 Å². The lowest BCUT2D eigenvalue weighted by Crippen LogP contribution is -2.57. The Bertz CT molecular complexity index is 335. The second-order valence-corrected chi connectivity index (χ2v) is 6.51. The highest BCUT2D eigenvalue weighted by molar-refractivity contribution is 5.85. The van der Waals surface area contributed by atoms with Gasteiger partial charge in [-0.15, -0.1) is 12.4 Å². The van der Waals surface area contributed by atoms with Gasteiger partial charge in [-0.2, -0.15) is 0 Å². The number of rotatable bonds is 2. The van der Waals surface area contributed by atoms with E-state index in [-0.39, 0.29) is 36.1 Å². The Morgan fingerprint density at radius 2 is 2.00 bits per heavy atom. The fourth-order valence-electron chi connectivity index (χ4n) is 3.14. The first-order valence-corrected chi connectivity index (χ1v) is 6.08. The summed E-state index contributed by atoms with van der Waals surface area (Å²) in [5.41, 5.74) is 4.89. The maximum atomic E-state index is 12.1. The molecule has 1 amide bonds. The van der Waals surface area contributed by atoms with E-state index in [4.69, 9.17) is 10.5 Å². The van der Waals surface area contributed by atoms with Crippen LogP contribution < -0.4 is 5.73 Å². The Balaban J connectivity index is 0.00000162. The molecule has 3 rings (SSSR count). The smallest absolute Gasteiger partial charge is 0.410 e. The molecular weight excluding hydrogens is 256 g/mol. The molecule has 0 spiro atoms. The number of hydrogen-bond donors (Lipinski definition) is 2. The van der Waals surface area contributed by atoms with Crippen molar-refractivity contribution in [2.45, 2.75) is 44.8 Å². The van der Waals surface area contributed by atoms with Crippen molar-refractivity contribution in [3.63, 3.8) is 0 Å². The molecule has 106 valence electrons. The van der Waals surface area contributed by atoms with Gasteiger partial charge < -0.3 is 20.5 Å².